The van der Waals surface area contributed by atoms with E-state index in [2.05, 4.69) is 24.8 Å². The number of aromatic nitrogens is 6. The van der Waals surface area contributed by atoms with E-state index >= 15 is 0 Å². The highest BCUT2D eigenvalue weighted by Crippen LogP contribution is 2.38. The smallest absolute Gasteiger partial charge is 0.252 e. The van der Waals surface area contributed by atoms with Gasteiger partial charge < -0.3 is 18.6 Å². The number of methoxy groups -OCH3 is 2. The summed E-state index contributed by atoms with van der Waals surface area (Å²) in [6, 6.07) is 5.95. The Morgan fingerprint density at radius 3 is 2.93 bits per heavy atom. The second-order valence-electron chi connectivity index (χ2n) is 6.59. The van der Waals surface area contributed by atoms with Crippen LogP contribution in [0.4, 0.5) is 0 Å². The quantitative estimate of drug-likeness (QED) is 0.474. The minimum atomic E-state index is 0.262. The number of fused-ring (bicyclic) bond motifs is 5. The third-order valence-electron chi connectivity index (χ3n) is 4.79. The summed E-state index contributed by atoms with van der Waals surface area (Å²) in [4.78, 5) is 8.99. The molecule has 0 atom stereocenters. The van der Waals surface area contributed by atoms with Gasteiger partial charge in [-0.25, -0.2) is 4.98 Å². The minimum absolute atomic E-state index is 0.262. The number of aryl methyl sites for hydroxylation is 1. The molecule has 0 N–H and O–H groups in total. The Morgan fingerprint density at radius 2 is 2.11 bits per heavy atom. The normalized spacial score (nSPS) is 12.2. The summed E-state index contributed by atoms with van der Waals surface area (Å²) in [5.41, 5.74) is 5.66. The van der Waals surface area contributed by atoms with Crippen LogP contribution >= 0.6 is 0 Å². The highest BCUT2D eigenvalue weighted by molar-refractivity contribution is 5.77. The molecular formula is C19H18N6O3. The van der Waals surface area contributed by atoms with E-state index in [1.165, 1.54) is 0 Å². The lowest BCUT2D eigenvalue weighted by molar-refractivity contribution is 0.151. The summed E-state index contributed by atoms with van der Waals surface area (Å²) in [5.74, 6) is 1.64. The van der Waals surface area contributed by atoms with Crippen molar-refractivity contribution in [3.63, 3.8) is 0 Å². The van der Waals surface area contributed by atoms with E-state index in [1.54, 1.807) is 20.5 Å². The summed E-state index contributed by atoms with van der Waals surface area (Å²) < 4.78 is 19.6. The van der Waals surface area contributed by atoms with Crippen LogP contribution in [0.5, 0.6) is 5.75 Å². The van der Waals surface area contributed by atoms with Gasteiger partial charge in [0, 0.05) is 37.9 Å². The molecule has 0 fully saturated rings. The highest BCUT2D eigenvalue weighted by Gasteiger charge is 2.27. The molecule has 0 unspecified atom stereocenters. The van der Waals surface area contributed by atoms with Crippen LogP contribution in [-0.4, -0.2) is 43.7 Å². The molecule has 0 radical (unpaired) electrons. The van der Waals surface area contributed by atoms with Crippen LogP contribution in [0.2, 0.25) is 0 Å². The lowest BCUT2D eigenvalue weighted by Crippen LogP contribution is -2.01. The van der Waals surface area contributed by atoms with E-state index in [0.717, 1.165) is 34.0 Å². The second kappa shape index (κ2) is 6.31. The van der Waals surface area contributed by atoms with Crippen LogP contribution in [0.3, 0.4) is 0 Å². The topological polar surface area (TPSA) is 93.0 Å². The van der Waals surface area contributed by atoms with Crippen molar-refractivity contribution in [1.82, 2.24) is 29.5 Å². The molecule has 1 aliphatic rings. The Morgan fingerprint density at radius 1 is 1.21 bits per heavy atom. The van der Waals surface area contributed by atoms with Gasteiger partial charge in [-0.2, -0.15) is 10.1 Å². The van der Waals surface area contributed by atoms with E-state index < -0.39 is 0 Å². The van der Waals surface area contributed by atoms with Crippen LogP contribution in [0, 0.1) is 0 Å². The van der Waals surface area contributed by atoms with Gasteiger partial charge in [0.25, 0.3) is 5.89 Å². The molecule has 1 aliphatic heterocycles. The van der Waals surface area contributed by atoms with Crippen LogP contribution in [0.25, 0.3) is 28.5 Å². The van der Waals surface area contributed by atoms with Crippen molar-refractivity contribution in [3.8, 4) is 34.2 Å². The Kier molecular flexibility index (Phi) is 3.76. The van der Waals surface area contributed by atoms with Crippen molar-refractivity contribution in [3.05, 3.63) is 47.9 Å². The maximum absolute atomic E-state index is 5.43. The molecule has 1 aromatic carbocycles. The predicted octanol–water partition coefficient (Wildman–Crippen LogP) is 2.38. The molecule has 0 amide bonds. The maximum atomic E-state index is 5.43. The Hall–Kier alpha value is -3.46. The fourth-order valence-electron chi connectivity index (χ4n) is 3.59. The molecule has 9 heteroatoms. The summed E-state index contributed by atoms with van der Waals surface area (Å²) in [6.07, 6.45) is 4.45. The van der Waals surface area contributed by atoms with Gasteiger partial charge in [0.15, 0.2) is 0 Å². The predicted molar refractivity (Wildman–Crippen MR) is 99.1 cm³/mol. The number of hydrogen-bond donors (Lipinski definition) is 0. The maximum Gasteiger partial charge on any atom is 0.252 e. The third-order valence-corrected chi connectivity index (χ3v) is 4.79. The van der Waals surface area contributed by atoms with Gasteiger partial charge >= 0.3 is 0 Å². The molecular weight excluding hydrogens is 360 g/mol. The zero-order valence-electron chi connectivity index (χ0n) is 15.7. The third kappa shape index (κ3) is 2.51. The first-order valence-corrected chi connectivity index (χ1v) is 8.77. The Bertz CT molecular complexity index is 1170. The molecule has 4 heterocycles. The van der Waals surface area contributed by atoms with E-state index in [-0.39, 0.29) is 6.61 Å². The van der Waals surface area contributed by atoms with Crippen molar-refractivity contribution in [2.24, 2.45) is 7.05 Å². The van der Waals surface area contributed by atoms with Crippen molar-refractivity contribution in [2.75, 3.05) is 14.2 Å². The largest absolute Gasteiger partial charge is 0.497 e. The SMILES string of the molecule is COCc1nc(-c2ncn3c2Cc2cn(C)nc2-c2cc(OC)ccc2-3)no1. The number of nitrogens with zero attached hydrogens (tertiary/aromatic N) is 6. The van der Waals surface area contributed by atoms with Crippen LogP contribution in [0.1, 0.15) is 17.1 Å². The number of ether oxygens (including phenoxy) is 2. The number of imidazole rings is 1. The molecule has 5 rings (SSSR count). The van der Waals surface area contributed by atoms with Gasteiger partial charge in [0.05, 0.1) is 24.2 Å². The monoisotopic (exact) mass is 378 g/mol. The molecule has 4 aromatic rings. The molecule has 9 nitrogen and oxygen atoms in total. The molecule has 0 aliphatic carbocycles. The van der Waals surface area contributed by atoms with E-state index in [9.17, 15) is 0 Å². The molecule has 142 valence electrons. The second-order valence-corrected chi connectivity index (χ2v) is 6.59. The van der Waals surface area contributed by atoms with Gasteiger partial charge in [0.1, 0.15) is 24.4 Å². The minimum Gasteiger partial charge on any atom is -0.497 e. The van der Waals surface area contributed by atoms with Gasteiger partial charge in [-0.1, -0.05) is 5.16 Å². The lowest BCUT2D eigenvalue weighted by Gasteiger charge is -2.11. The summed E-state index contributed by atoms with van der Waals surface area (Å²) in [6.45, 7) is 0.262. The van der Waals surface area contributed by atoms with Crippen LogP contribution < -0.4 is 4.74 Å². The average molecular weight is 378 g/mol. The Balaban J connectivity index is 1.71. The van der Waals surface area contributed by atoms with E-state index in [4.69, 9.17) is 14.0 Å². The van der Waals surface area contributed by atoms with Crippen LogP contribution in [0.15, 0.2) is 35.2 Å². The Labute approximate surface area is 160 Å². The van der Waals surface area contributed by atoms with Crippen LogP contribution in [-0.2, 0) is 24.8 Å². The van der Waals surface area contributed by atoms with Gasteiger partial charge in [-0.15, -0.1) is 0 Å². The van der Waals surface area contributed by atoms with Crippen molar-refractivity contribution >= 4 is 0 Å². The highest BCUT2D eigenvalue weighted by atomic mass is 16.5. The molecule has 3 aromatic heterocycles. The first-order valence-electron chi connectivity index (χ1n) is 8.77. The zero-order valence-corrected chi connectivity index (χ0v) is 15.7. The van der Waals surface area contributed by atoms with Gasteiger partial charge in [0.2, 0.25) is 5.82 Å². The van der Waals surface area contributed by atoms with Crippen molar-refractivity contribution in [2.45, 2.75) is 13.0 Å². The lowest BCUT2D eigenvalue weighted by atomic mass is 10.0. The molecule has 0 saturated heterocycles. The molecule has 28 heavy (non-hydrogen) atoms. The van der Waals surface area contributed by atoms with Crippen molar-refractivity contribution < 1.29 is 14.0 Å². The number of benzene rings is 1. The number of hydrogen-bond acceptors (Lipinski definition) is 7. The zero-order chi connectivity index (χ0) is 19.3. The fourth-order valence-corrected chi connectivity index (χ4v) is 3.59. The summed E-state index contributed by atoms with van der Waals surface area (Å²) in [7, 11) is 5.16. The van der Waals surface area contributed by atoms with E-state index in [0.29, 0.717) is 23.8 Å². The fraction of sp³-hybridized carbons (Fsp3) is 0.263. The molecule has 0 bridgehead atoms. The number of rotatable bonds is 4. The standard InChI is InChI=1S/C19H18N6O3/c1-24-8-11-6-15-18(19-21-16(9-26-2)28-23-19)20-10-25(15)14-5-4-12(27-3)7-13(14)17(11)22-24/h4-5,7-8,10H,6,9H2,1-3H3. The first-order chi connectivity index (χ1) is 13.7. The average Bonchev–Trinajstić information content (AvgIpc) is 3.39. The van der Waals surface area contributed by atoms with Gasteiger partial charge in [-0.3, -0.25) is 4.68 Å². The summed E-state index contributed by atoms with van der Waals surface area (Å²) >= 11 is 0. The van der Waals surface area contributed by atoms with E-state index in [1.807, 2.05) is 36.1 Å². The molecule has 0 saturated carbocycles. The van der Waals surface area contributed by atoms with Crippen molar-refractivity contribution in [1.29, 1.82) is 0 Å². The van der Waals surface area contributed by atoms with Gasteiger partial charge in [-0.05, 0) is 18.2 Å². The molecule has 0 spiro atoms. The summed E-state index contributed by atoms with van der Waals surface area (Å²) in [5, 5.41) is 8.76. The first kappa shape index (κ1) is 16.7.